The van der Waals surface area contributed by atoms with Crippen molar-refractivity contribution < 1.29 is 23.8 Å². The van der Waals surface area contributed by atoms with Crippen LogP contribution in [0.3, 0.4) is 0 Å². The van der Waals surface area contributed by atoms with Gasteiger partial charge in [-0.25, -0.2) is 4.39 Å². The second-order valence-corrected chi connectivity index (χ2v) is 8.90. The minimum atomic E-state index is -1.13. The van der Waals surface area contributed by atoms with Crippen LogP contribution >= 0.6 is 31.9 Å². The lowest BCUT2D eigenvalue weighted by Gasteiger charge is -2.28. The van der Waals surface area contributed by atoms with E-state index < -0.39 is 18.4 Å². The summed E-state index contributed by atoms with van der Waals surface area (Å²) in [5.74, 6) is -1.57. The molecule has 0 heterocycles. The van der Waals surface area contributed by atoms with Crippen LogP contribution in [-0.4, -0.2) is 29.6 Å². The molecule has 9 heteroatoms. The molecular weight excluding hydrogens is 523 g/mol. The Morgan fingerprint density at radius 2 is 1.87 bits per heavy atom. The molecular formula is C21H21Br2FN2O4. The van der Waals surface area contributed by atoms with Gasteiger partial charge in [-0.05, 0) is 87.9 Å². The third-order valence-electron chi connectivity index (χ3n) is 4.79. The summed E-state index contributed by atoms with van der Waals surface area (Å²) in [6, 6.07) is 6.91. The molecule has 0 aliphatic heterocycles. The lowest BCUT2D eigenvalue weighted by Crippen LogP contribution is -2.29. The molecule has 3 rings (SSSR count). The van der Waals surface area contributed by atoms with Gasteiger partial charge in [0.05, 0.1) is 14.6 Å². The Balaban J connectivity index is 1.74. The van der Waals surface area contributed by atoms with Crippen LogP contribution in [-0.2, 0) is 11.4 Å². The molecule has 160 valence electrons. The van der Waals surface area contributed by atoms with Gasteiger partial charge in [0.25, 0.3) is 5.91 Å². The molecule has 0 saturated heterocycles. The molecule has 0 aromatic heterocycles. The minimum Gasteiger partial charge on any atom is -0.486 e. The minimum absolute atomic E-state index is 0.00855. The number of aliphatic carboxylic acids is 1. The Morgan fingerprint density at radius 1 is 1.20 bits per heavy atom. The maximum atomic E-state index is 14.9. The highest BCUT2D eigenvalue weighted by atomic mass is 79.9. The van der Waals surface area contributed by atoms with Crippen molar-refractivity contribution in [3.8, 4) is 5.75 Å². The standard InChI is InChI=1S/C21H21Br2FN2O4/c1-11-5-13(19(24)17(6-11)26-14-3-2-4-14)10-30-20-15(22)7-12(8-16(20)23)21(29)25-9-18(27)28/h5-8,14,26H,2-4,9-10H2,1H3,(H,25,29)(H,27,28). The highest BCUT2D eigenvalue weighted by molar-refractivity contribution is 9.11. The smallest absolute Gasteiger partial charge is 0.322 e. The van der Waals surface area contributed by atoms with Gasteiger partial charge >= 0.3 is 5.97 Å². The molecule has 0 unspecified atom stereocenters. The van der Waals surface area contributed by atoms with E-state index in [1.807, 2.05) is 6.92 Å². The number of ether oxygens (including phenoxy) is 1. The first-order chi connectivity index (χ1) is 14.2. The third kappa shape index (κ3) is 5.51. The molecule has 2 aromatic carbocycles. The first kappa shape index (κ1) is 22.6. The molecule has 0 atom stereocenters. The maximum Gasteiger partial charge on any atom is 0.322 e. The fourth-order valence-electron chi connectivity index (χ4n) is 3.06. The van der Waals surface area contributed by atoms with Crippen molar-refractivity contribution in [2.24, 2.45) is 0 Å². The van der Waals surface area contributed by atoms with Gasteiger partial charge in [-0.1, -0.05) is 0 Å². The van der Waals surface area contributed by atoms with Crippen LogP contribution in [0.5, 0.6) is 5.75 Å². The van der Waals surface area contributed by atoms with E-state index in [2.05, 4.69) is 42.5 Å². The second-order valence-electron chi connectivity index (χ2n) is 7.19. The monoisotopic (exact) mass is 542 g/mol. The van der Waals surface area contributed by atoms with Gasteiger partial charge in [-0.3, -0.25) is 9.59 Å². The Labute approximate surface area is 190 Å². The summed E-state index contributed by atoms with van der Waals surface area (Å²) < 4.78 is 21.7. The summed E-state index contributed by atoms with van der Waals surface area (Å²) in [7, 11) is 0. The Kier molecular flexibility index (Phi) is 7.36. The maximum absolute atomic E-state index is 14.9. The SMILES string of the molecule is Cc1cc(COc2c(Br)cc(C(=O)NCC(=O)O)cc2Br)c(F)c(NC2CCC2)c1. The van der Waals surface area contributed by atoms with Crippen molar-refractivity contribution >= 4 is 49.4 Å². The average molecular weight is 544 g/mol. The van der Waals surface area contributed by atoms with Crippen molar-refractivity contribution in [3.63, 3.8) is 0 Å². The summed E-state index contributed by atoms with van der Waals surface area (Å²) in [5, 5.41) is 14.2. The zero-order valence-electron chi connectivity index (χ0n) is 16.2. The van der Waals surface area contributed by atoms with Crippen LogP contribution in [0.25, 0.3) is 0 Å². The van der Waals surface area contributed by atoms with Crippen LogP contribution in [0.1, 0.15) is 40.7 Å². The molecule has 6 nitrogen and oxygen atoms in total. The highest BCUT2D eigenvalue weighted by Gasteiger charge is 2.20. The molecule has 1 saturated carbocycles. The number of anilines is 1. The number of nitrogens with one attached hydrogen (secondary N) is 2. The van der Waals surface area contributed by atoms with Gasteiger partial charge in [0.2, 0.25) is 0 Å². The summed E-state index contributed by atoms with van der Waals surface area (Å²) in [5.41, 5.74) is 2.11. The fourth-order valence-corrected chi connectivity index (χ4v) is 4.48. The number of halogens is 3. The van der Waals surface area contributed by atoms with Gasteiger partial charge in [0, 0.05) is 17.2 Å². The number of rotatable bonds is 8. The quantitative estimate of drug-likeness (QED) is 0.435. The number of carbonyl (C=O) groups excluding carboxylic acids is 1. The zero-order chi connectivity index (χ0) is 21.8. The van der Waals surface area contributed by atoms with E-state index in [4.69, 9.17) is 9.84 Å². The second kappa shape index (κ2) is 9.78. The summed E-state index contributed by atoms with van der Waals surface area (Å²) in [4.78, 5) is 22.7. The number of hydrogen-bond donors (Lipinski definition) is 3. The van der Waals surface area contributed by atoms with E-state index >= 15 is 0 Å². The number of carboxylic acids is 1. The average Bonchev–Trinajstić information content (AvgIpc) is 2.64. The van der Waals surface area contributed by atoms with E-state index in [1.54, 1.807) is 12.1 Å². The first-order valence-electron chi connectivity index (χ1n) is 9.42. The van der Waals surface area contributed by atoms with E-state index in [0.717, 1.165) is 24.8 Å². The number of amides is 1. The number of carboxylic acid groups (broad SMARTS) is 1. The van der Waals surface area contributed by atoms with Crippen molar-refractivity contribution in [2.45, 2.75) is 38.8 Å². The normalized spacial score (nSPS) is 13.5. The van der Waals surface area contributed by atoms with E-state index in [-0.39, 0.29) is 18.0 Å². The van der Waals surface area contributed by atoms with Gasteiger partial charge in [0.1, 0.15) is 18.9 Å². The van der Waals surface area contributed by atoms with Crippen molar-refractivity contribution in [2.75, 3.05) is 11.9 Å². The van der Waals surface area contributed by atoms with Crippen LogP contribution < -0.4 is 15.4 Å². The Bertz CT molecular complexity index is 957. The predicted octanol–water partition coefficient (Wildman–Crippen LogP) is 5.02. The largest absolute Gasteiger partial charge is 0.486 e. The lowest BCUT2D eigenvalue weighted by molar-refractivity contribution is -0.135. The van der Waals surface area contributed by atoms with Crippen LogP contribution in [0.2, 0.25) is 0 Å². The summed E-state index contributed by atoms with van der Waals surface area (Å²) in [6.07, 6.45) is 3.25. The van der Waals surface area contributed by atoms with Crippen molar-refractivity contribution in [3.05, 3.63) is 55.7 Å². The Hall–Kier alpha value is -2.13. The summed E-state index contributed by atoms with van der Waals surface area (Å²) >= 11 is 6.72. The van der Waals surface area contributed by atoms with E-state index in [9.17, 15) is 14.0 Å². The van der Waals surface area contributed by atoms with Gasteiger partial charge in [-0.15, -0.1) is 0 Å². The third-order valence-corrected chi connectivity index (χ3v) is 5.97. The number of aryl methyl sites for hydroxylation is 1. The topological polar surface area (TPSA) is 87.7 Å². The van der Waals surface area contributed by atoms with Gasteiger partial charge < -0.3 is 20.5 Å². The molecule has 1 aliphatic rings. The number of hydrogen-bond acceptors (Lipinski definition) is 4. The predicted molar refractivity (Wildman–Crippen MR) is 119 cm³/mol. The zero-order valence-corrected chi connectivity index (χ0v) is 19.4. The molecule has 1 fully saturated rings. The van der Waals surface area contributed by atoms with Gasteiger partial charge in [0.15, 0.2) is 5.82 Å². The number of benzene rings is 2. The number of carbonyl (C=O) groups is 2. The molecule has 30 heavy (non-hydrogen) atoms. The van der Waals surface area contributed by atoms with Crippen LogP contribution in [0.4, 0.5) is 10.1 Å². The van der Waals surface area contributed by atoms with Crippen molar-refractivity contribution in [1.82, 2.24) is 5.32 Å². The molecule has 2 aromatic rings. The van der Waals surface area contributed by atoms with E-state index in [0.29, 0.717) is 32.0 Å². The molecule has 1 aliphatic carbocycles. The van der Waals surface area contributed by atoms with Crippen LogP contribution in [0, 0.1) is 12.7 Å². The fraction of sp³-hybridized carbons (Fsp3) is 0.333. The Morgan fingerprint density at radius 3 is 2.43 bits per heavy atom. The molecule has 3 N–H and O–H groups in total. The molecule has 0 radical (unpaired) electrons. The molecule has 0 bridgehead atoms. The van der Waals surface area contributed by atoms with Gasteiger partial charge in [-0.2, -0.15) is 0 Å². The van der Waals surface area contributed by atoms with Crippen molar-refractivity contribution in [1.29, 1.82) is 0 Å². The van der Waals surface area contributed by atoms with E-state index in [1.165, 1.54) is 12.1 Å². The summed E-state index contributed by atoms with van der Waals surface area (Å²) in [6.45, 7) is 1.44. The lowest BCUT2D eigenvalue weighted by atomic mass is 9.92. The molecule has 0 spiro atoms. The first-order valence-corrected chi connectivity index (χ1v) is 11.0. The highest BCUT2D eigenvalue weighted by Crippen LogP contribution is 2.36. The van der Waals surface area contributed by atoms with Crippen LogP contribution in [0.15, 0.2) is 33.2 Å². The molecule has 1 amide bonds.